The summed E-state index contributed by atoms with van der Waals surface area (Å²) in [7, 11) is 1.85. The smallest absolute Gasteiger partial charge is 0.191 e. The number of guanidine groups is 1. The molecule has 2 heterocycles. The Kier molecular flexibility index (Phi) is 8.78. The Balaban J connectivity index is 0.00000225. The first kappa shape index (κ1) is 20.3. The molecular formula is C19H32IN5. The number of pyridine rings is 1. The zero-order valence-electron chi connectivity index (χ0n) is 15.3. The zero-order valence-corrected chi connectivity index (χ0v) is 17.7. The lowest BCUT2D eigenvalue weighted by Gasteiger charge is -2.22. The number of rotatable bonds is 4. The molecule has 0 atom stereocenters. The van der Waals surface area contributed by atoms with Crippen LogP contribution in [0.4, 0.5) is 5.82 Å². The minimum absolute atomic E-state index is 0. The maximum atomic E-state index is 4.59. The van der Waals surface area contributed by atoms with Gasteiger partial charge in [0.1, 0.15) is 5.82 Å². The molecule has 1 aromatic rings. The van der Waals surface area contributed by atoms with Crippen molar-refractivity contribution in [2.24, 2.45) is 4.99 Å². The van der Waals surface area contributed by atoms with Crippen molar-refractivity contribution < 1.29 is 0 Å². The minimum atomic E-state index is 0. The summed E-state index contributed by atoms with van der Waals surface area (Å²) in [6.07, 6.45) is 12.4. The fourth-order valence-electron chi connectivity index (χ4n) is 3.69. The summed E-state index contributed by atoms with van der Waals surface area (Å²) in [5, 5.41) is 6.98. The van der Waals surface area contributed by atoms with Gasteiger partial charge in [-0.05, 0) is 43.4 Å². The van der Waals surface area contributed by atoms with E-state index in [-0.39, 0.29) is 24.0 Å². The highest BCUT2D eigenvalue weighted by Crippen LogP contribution is 2.19. The van der Waals surface area contributed by atoms with E-state index in [4.69, 9.17) is 0 Å². The van der Waals surface area contributed by atoms with Gasteiger partial charge in [-0.2, -0.15) is 0 Å². The Hall–Kier alpha value is -1.05. The van der Waals surface area contributed by atoms with Crippen LogP contribution in [0, 0.1) is 0 Å². The van der Waals surface area contributed by atoms with Gasteiger partial charge < -0.3 is 15.5 Å². The summed E-state index contributed by atoms with van der Waals surface area (Å²) < 4.78 is 0. The molecule has 1 aromatic heterocycles. The summed E-state index contributed by atoms with van der Waals surface area (Å²) in [6, 6.07) is 4.90. The number of hydrogen-bond donors (Lipinski definition) is 2. The molecule has 0 spiro atoms. The molecule has 0 aromatic carbocycles. The van der Waals surface area contributed by atoms with Crippen LogP contribution < -0.4 is 15.5 Å². The molecule has 1 saturated heterocycles. The lowest BCUT2D eigenvalue weighted by Crippen LogP contribution is -2.41. The molecule has 2 fully saturated rings. The maximum Gasteiger partial charge on any atom is 0.191 e. The van der Waals surface area contributed by atoms with Crippen molar-refractivity contribution in [2.75, 3.05) is 25.0 Å². The van der Waals surface area contributed by atoms with E-state index in [1.807, 2.05) is 13.2 Å². The highest BCUT2D eigenvalue weighted by Gasteiger charge is 2.16. The molecule has 0 unspecified atom stereocenters. The first-order valence-electron chi connectivity index (χ1n) is 9.52. The Bertz CT molecular complexity index is 534. The molecule has 1 saturated carbocycles. The first-order chi connectivity index (χ1) is 11.8. The number of anilines is 1. The third-order valence-corrected chi connectivity index (χ3v) is 5.12. The van der Waals surface area contributed by atoms with Gasteiger partial charge in [0.2, 0.25) is 0 Å². The predicted octanol–water partition coefficient (Wildman–Crippen LogP) is 3.69. The molecule has 2 N–H and O–H groups in total. The second kappa shape index (κ2) is 10.8. The van der Waals surface area contributed by atoms with Crippen LogP contribution in [0.25, 0.3) is 0 Å². The monoisotopic (exact) mass is 457 g/mol. The van der Waals surface area contributed by atoms with Crippen LogP contribution in [-0.4, -0.2) is 37.1 Å². The van der Waals surface area contributed by atoms with Gasteiger partial charge in [0.15, 0.2) is 5.96 Å². The Morgan fingerprint density at radius 2 is 1.88 bits per heavy atom. The Morgan fingerprint density at radius 3 is 2.56 bits per heavy atom. The lowest BCUT2D eigenvalue weighted by molar-refractivity contribution is 0.613. The summed E-state index contributed by atoms with van der Waals surface area (Å²) in [5.41, 5.74) is 1.26. The molecule has 0 bridgehead atoms. The zero-order chi connectivity index (χ0) is 16.6. The lowest BCUT2D eigenvalue weighted by atomic mass is 10.2. The Labute approximate surface area is 169 Å². The van der Waals surface area contributed by atoms with Crippen molar-refractivity contribution in [3.05, 3.63) is 23.9 Å². The summed E-state index contributed by atoms with van der Waals surface area (Å²) >= 11 is 0. The van der Waals surface area contributed by atoms with E-state index in [1.165, 1.54) is 56.9 Å². The number of halogens is 1. The predicted molar refractivity (Wildman–Crippen MR) is 116 cm³/mol. The largest absolute Gasteiger partial charge is 0.357 e. The van der Waals surface area contributed by atoms with Crippen LogP contribution in [-0.2, 0) is 6.54 Å². The first-order valence-corrected chi connectivity index (χ1v) is 9.52. The number of hydrogen-bond acceptors (Lipinski definition) is 3. The SMILES string of the molecule is CN=C(NCc1ccnc(N2CCCCCC2)c1)NC1CCCC1.I. The van der Waals surface area contributed by atoms with E-state index in [9.17, 15) is 0 Å². The highest BCUT2D eigenvalue weighted by molar-refractivity contribution is 14.0. The average molecular weight is 457 g/mol. The molecular weight excluding hydrogens is 425 g/mol. The third-order valence-electron chi connectivity index (χ3n) is 5.12. The van der Waals surface area contributed by atoms with Crippen LogP contribution in [0.15, 0.2) is 23.3 Å². The molecule has 0 amide bonds. The summed E-state index contributed by atoms with van der Waals surface area (Å²) in [5.74, 6) is 2.03. The van der Waals surface area contributed by atoms with Crippen LogP contribution in [0.5, 0.6) is 0 Å². The highest BCUT2D eigenvalue weighted by atomic mass is 127. The van der Waals surface area contributed by atoms with E-state index in [2.05, 4.69) is 37.6 Å². The van der Waals surface area contributed by atoms with E-state index in [1.54, 1.807) is 0 Å². The van der Waals surface area contributed by atoms with E-state index in [0.29, 0.717) is 6.04 Å². The fourth-order valence-corrected chi connectivity index (χ4v) is 3.69. The van der Waals surface area contributed by atoms with Gasteiger partial charge in [-0.15, -0.1) is 24.0 Å². The van der Waals surface area contributed by atoms with Crippen molar-refractivity contribution in [1.29, 1.82) is 0 Å². The van der Waals surface area contributed by atoms with E-state index in [0.717, 1.165) is 31.4 Å². The van der Waals surface area contributed by atoms with Crippen LogP contribution in [0.2, 0.25) is 0 Å². The number of aliphatic imine (C=N–C) groups is 1. The Morgan fingerprint density at radius 1 is 1.16 bits per heavy atom. The van der Waals surface area contributed by atoms with Gasteiger partial charge >= 0.3 is 0 Å². The molecule has 2 aliphatic rings. The van der Waals surface area contributed by atoms with Crippen LogP contribution in [0.3, 0.4) is 0 Å². The second-order valence-electron chi connectivity index (χ2n) is 6.98. The van der Waals surface area contributed by atoms with Gasteiger partial charge in [0.05, 0.1) is 0 Å². The molecule has 5 nitrogen and oxygen atoms in total. The van der Waals surface area contributed by atoms with Crippen molar-refractivity contribution in [3.63, 3.8) is 0 Å². The van der Waals surface area contributed by atoms with Crippen molar-refractivity contribution in [2.45, 2.75) is 64.0 Å². The third kappa shape index (κ3) is 6.31. The van der Waals surface area contributed by atoms with Crippen LogP contribution in [0.1, 0.15) is 56.9 Å². The van der Waals surface area contributed by atoms with Crippen molar-refractivity contribution in [1.82, 2.24) is 15.6 Å². The number of nitrogens with zero attached hydrogens (tertiary/aromatic N) is 3. The normalized spacial score (nSPS) is 19.2. The molecule has 140 valence electrons. The molecule has 1 aliphatic carbocycles. The van der Waals surface area contributed by atoms with Gasteiger partial charge in [-0.3, -0.25) is 4.99 Å². The summed E-state index contributed by atoms with van der Waals surface area (Å²) in [6.45, 7) is 3.05. The average Bonchev–Trinajstić information content (AvgIpc) is 2.98. The second-order valence-corrected chi connectivity index (χ2v) is 6.98. The quantitative estimate of drug-likeness (QED) is 0.412. The molecule has 25 heavy (non-hydrogen) atoms. The van der Waals surface area contributed by atoms with Gasteiger partial charge in [0.25, 0.3) is 0 Å². The standard InChI is InChI=1S/C19H31N5.HI/c1-20-19(23-17-8-4-5-9-17)22-15-16-10-11-21-18(14-16)24-12-6-2-3-7-13-24;/h10-11,14,17H,2-9,12-13,15H2,1H3,(H2,20,22,23);1H. The van der Waals surface area contributed by atoms with Gasteiger partial charge in [-0.25, -0.2) is 4.98 Å². The van der Waals surface area contributed by atoms with Crippen molar-refractivity contribution in [3.8, 4) is 0 Å². The minimum Gasteiger partial charge on any atom is -0.357 e. The fraction of sp³-hybridized carbons (Fsp3) is 0.684. The molecule has 3 rings (SSSR count). The van der Waals surface area contributed by atoms with E-state index >= 15 is 0 Å². The van der Waals surface area contributed by atoms with Gasteiger partial charge in [0, 0.05) is 38.9 Å². The molecule has 6 heteroatoms. The maximum absolute atomic E-state index is 4.59. The van der Waals surface area contributed by atoms with Gasteiger partial charge in [-0.1, -0.05) is 25.7 Å². The summed E-state index contributed by atoms with van der Waals surface area (Å²) in [4.78, 5) is 11.4. The number of aromatic nitrogens is 1. The van der Waals surface area contributed by atoms with E-state index < -0.39 is 0 Å². The number of nitrogens with one attached hydrogen (secondary N) is 2. The molecule has 1 aliphatic heterocycles. The topological polar surface area (TPSA) is 52.6 Å². The molecule has 0 radical (unpaired) electrons. The van der Waals surface area contributed by atoms with Crippen molar-refractivity contribution >= 4 is 35.8 Å². The van der Waals surface area contributed by atoms with Crippen LogP contribution >= 0.6 is 24.0 Å².